The van der Waals surface area contributed by atoms with E-state index in [9.17, 15) is 13.6 Å². The van der Waals surface area contributed by atoms with Crippen molar-refractivity contribution in [3.8, 4) is 11.8 Å². The fourth-order valence-electron chi connectivity index (χ4n) is 3.34. The Kier molecular flexibility index (Phi) is 4.23. The molecule has 1 aromatic carbocycles. The molecule has 136 valence electrons. The average molecular weight is 365 g/mol. The van der Waals surface area contributed by atoms with E-state index in [0.29, 0.717) is 30.8 Å². The summed E-state index contributed by atoms with van der Waals surface area (Å²) in [6, 6.07) is 8.25. The zero-order chi connectivity index (χ0) is 19.0. The van der Waals surface area contributed by atoms with Crippen molar-refractivity contribution in [3.63, 3.8) is 0 Å². The molecule has 1 unspecified atom stereocenters. The van der Waals surface area contributed by atoms with Gasteiger partial charge >= 0.3 is 0 Å². The number of fused-ring (bicyclic) bond motifs is 2. The van der Waals surface area contributed by atoms with E-state index in [-0.39, 0.29) is 23.0 Å². The van der Waals surface area contributed by atoms with Gasteiger partial charge in [0.2, 0.25) is 0 Å². The molecule has 3 aromatic rings. The maximum Gasteiger partial charge on any atom is 0.261 e. The molecule has 0 saturated carbocycles. The van der Waals surface area contributed by atoms with Gasteiger partial charge < -0.3 is 0 Å². The lowest BCUT2D eigenvalue weighted by atomic mass is 10.0. The topological polar surface area (TPSA) is 47.8 Å². The van der Waals surface area contributed by atoms with Gasteiger partial charge in [-0.25, -0.2) is 18.7 Å². The lowest BCUT2D eigenvalue weighted by Crippen LogP contribution is -2.32. The van der Waals surface area contributed by atoms with Gasteiger partial charge in [0.05, 0.1) is 17.5 Å². The van der Waals surface area contributed by atoms with Gasteiger partial charge in [0.15, 0.2) is 5.82 Å². The molecule has 0 saturated heterocycles. The van der Waals surface area contributed by atoms with Crippen LogP contribution in [0.2, 0.25) is 0 Å². The minimum absolute atomic E-state index is 0.0125. The first-order chi connectivity index (χ1) is 12.9. The number of halogens is 2. The summed E-state index contributed by atoms with van der Waals surface area (Å²) in [5.74, 6) is 5.34. The molecule has 4 nitrogen and oxygen atoms in total. The van der Waals surface area contributed by atoms with Crippen LogP contribution in [0.15, 0.2) is 41.3 Å². The Hall–Kier alpha value is -3.07. The van der Waals surface area contributed by atoms with Gasteiger partial charge in [0, 0.05) is 12.6 Å². The van der Waals surface area contributed by atoms with Crippen LogP contribution in [0.5, 0.6) is 0 Å². The highest BCUT2D eigenvalue weighted by Gasteiger charge is 2.29. The van der Waals surface area contributed by atoms with Crippen LogP contribution in [0.4, 0.5) is 8.78 Å². The summed E-state index contributed by atoms with van der Waals surface area (Å²) in [5.41, 5.74) is -1.23. The molecule has 0 spiro atoms. The number of alkyl halides is 1. The van der Waals surface area contributed by atoms with Gasteiger partial charge in [-0.05, 0) is 50.0 Å². The lowest BCUT2D eigenvalue weighted by molar-refractivity contribution is 0.150. The number of benzene rings is 1. The quantitative estimate of drug-likeness (QED) is 0.574. The van der Waals surface area contributed by atoms with Crippen molar-refractivity contribution < 1.29 is 8.78 Å². The van der Waals surface area contributed by atoms with Crippen molar-refractivity contribution in [1.29, 1.82) is 0 Å². The molecule has 6 heteroatoms. The molecule has 0 aliphatic carbocycles. The highest BCUT2D eigenvalue weighted by Crippen LogP contribution is 2.26. The van der Waals surface area contributed by atoms with Crippen LogP contribution in [-0.4, -0.2) is 20.2 Å². The molecule has 0 amide bonds. The monoisotopic (exact) mass is 365 g/mol. The minimum Gasteiger partial charge on any atom is -0.293 e. The van der Waals surface area contributed by atoms with E-state index in [4.69, 9.17) is 0 Å². The summed E-state index contributed by atoms with van der Waals surface area (Å²) < 4.78 is 30.8. The van der Waals surface area contributed by atoms with Gasteiger partial charge in [0.1, 0.15) is 22.7 Å². The van der Waals surface area contributed by atoms with Crippen LogP contribution >= 0.6 is 0 Å². The van der Waals surface area contributed by atoms with Gasteiger partial charge in [-0.2, -0.15) is 0 Å². The number of aromatic nitrogens is 3. The summed E-state index contributed by atoms with van der Waals surface area (Å²) in [7, 11) is 0. The molecule has 0 N–H and O–H groups in total. The Balaban J connectivity index is 1.85. The zero-order valence-electron chi connectivity index (χ0n) is 14.8. The maximum atomic E-state index is 15.0. The largest absolute Gasteiger partial charge is 0.293 e. The predicted molar refractivity (Wildman–Crippen MR) is 98.6 cm³/mol. The summed E-state index contributed by atoms with van der Waals surface area (Å²) in [5, 5.41) is 0.136. The molecule has 0 bridgehead atoms. The fraction of sp³-hybridized carbons (Fsp3) is 0.286. The number of aryl methyl sites for hydroxylation is 1. The molecule has 3 heterocycles. The Morgan fingerprint density at radius 1 is 1.22 bits per heavy atom. The van der Waals surface area contributed by atoms with Crippen LogP contribution in [0.3, 0.4) is 0 Å². The zero-order valence-corrected chi connectivity index (χ0v) is 14.8. The first kappa shape index (κ1) is 17.3. The Bertz CT molecular complexity index is 1140. The first-order valence-electron chi connectivity index (χ1n) is 8.78. The highest BCUT2D eigenvalue weighted by molar-refractivity contribution is 5.80. The van der Waals surface area contributed by atoms with E-state index >= 15 is 0 Å². The molecule has 4 rings (SSSR count). The Morgan fingerprint density at radius 2 is 2.07 bits per heavy atom. The van der Waals surface area contributed by atoms with Gasteiger partial charge in [0.25, 0.3) is 5.56 Å². The number of pyridine rings is 1. The minimum atomic E-state index is -1.48. The molecular formula is C21H17F2N3O. The third-order valence-corrected chi connectivity index (χ3v) is 4.72. The van der Waals surface area contributed by atoms with Crippen LogP contribution in [0.25, 0.3) is 10.9 Å². The van der Waals surface area contributed by atoms with Crippen LogP contribution < -0.4 is 5.56 Å². The van der Waals surface area contributed by atoms with E-state index in [0.717, 1.165) is 0 Å². The van der Waals surface area contributed by atoms with E-state index in [2.05, 4.69) is 21.8 Å². The normalized spacial score (nSPS) is 19.1. The fourth-order valence-corrected chi connectivity index (χ4v) is 3.34. The number of hydrogen-bond acceptors (Lipinski definition) is 3. The Morgan fingerprint density at radius 3 is 2.85 bits per heavy atom. The molecule has 27 heavy (non-hydrogen) atoms. The smallest absolute Gasteiger partial charge is 0.261 e. The van der Waals surface area contributed by atoms with Gasteiger partial charge in [-0.15, -0.1) is 0 Å². The SMILES string of the molecule is CC1(F)CCCc2nc3c(F)c(C#Cc4ccccn4)ccc3c(=O)n2C1. The molecule has 1 atom stereocenters. The third kappa shape index (κ3) is 3.33. The van der Waals surface area contributed by atoms with E-state index in [1.54, 1.807) is 24.4 Å². The van der Waals surface area contributed by atoms with E-state index < -0.39 is 17.0 Å². The summed E-state index contributed by atoms with van der Waals surface area (Å²) in [6.07, 6.45) is 2.95. The summed E-state index contributed by atoms with van der Waals surface area (Å²) in [4.78, 5) is 21.2. The predicted octanol–water partition coefficient (Wildman–Crippen LogP) is 3.39. The lowest BCUT2D eigenvalue weighted by Gasteiger charge is -2.19. The highest BCUT2D eigenvalue weighted by atomic mass is 19.1. The van der Waals surface area contributed by atoms with Crippen molar-refractivity contribution in [3.05, 3.63) is 69.8 Å². The second kappa shape index (κ2) is 6.58. The van der Waals surface area contributed by atoms with Crippen molar-refractivity contribution in [2.75, 3.05) is 0 Å². The van der Waals surface area contributed by atoms with Crippen molar-refractivity contribution in [2.45, 2.75) is 38.4 Å². The summed E-state index contributed by atoms with van der Waals surface area (Å²) >= 11 is 0. The molecular weight excluding hydrogens is 348 g/mol. The summed E-state index contributed by atoms with van der Waals surface area (Å²) in [6.45, 7) is 1.42. The molecule has 0 radical (unpaired) electrons. The van der Waals surface area contributed by atoms with Gasteiger partial charge in [-0.3, -0.25) is 9.36 Å². The first-order valence-corrected chi connectivity index (χ1v) is 8.78. The van der Waals surface area contributed by atoms with Crippen molar-refractivity contribution >= 4 is 10.9 Å². The van der Waals surface area contributed by atoms with Crippen LogP contribution in [0.1, 0.15) is 36.8 Å². The third-order valence-electron chi connectivity index (χ3n) is 4.72. The second-order valence-electron chi connectivity index (χ2n) is 6.97. The molecule has 0 fully saturated rings. The second-order valence-corrected chi connectivity index (χ2v) is 6.97. The average Bonchev–Trinajstić information content (AvgIpc) is 2.80. The van der Waals surface area contributed by atoms with E-state index in [1.807, 2.05) is 0 Å². The van der Waals surface area contributed by atoms with Gasteiger partial charge in [-0.1, -0.05) is 12.0 Å². The molecule has 1 aliphatic heterocycles. The molecule has 2 aromatic heterocycles. The standard InChI is InChI=1S/C21H17F2N3O/c1-21(23)11-4-6-17-25-19-16(20(27)26(17)13-21)10-8-14(18(19)22)7-9-15-5-2-3-12-24-15/h2-3,5,8,10,12H,4,6,11,13H2,1H3. The van der Waals surface area contributed by atoms with Crippen molar-refractivity contribution in [2.24, 2.45) is 0 Å². The number of hydrogen-bond donors (Lipinski definition) is 0. The Labute approximate surface area is 154 Å². The van der Waals surface area contributed by atoms with Crippen molar-refractivity contribution in [1.82, 2.24) is 14.5 Å². The number of nitrogens with zero attached hydrogens (tertiary/aromatic N) is 3. The number of rotatable bonds is 0. The molecule has 1 aliphatic rings. The van der Waals surface area contributed by atoms with Crippen LogP contribution in [0, 0.1) is 17.7 Å². The van der Waals surface area contributed by atoms with E-state index in [1.165, 1.54) is 23.6 Å². The maximum absolute atomic E-state index is 15.0. The van der Waals surface area contributed by atoms with Crippen LogP contribution in [-0.2, 0) is 13.0 Å².